The number of unbranched alkanes of at least 4 members (excludes halogenated alkanes) is 7. The van der Waals surface area contributed by atoms with Crippen molar-refractivity contribution in [3.05, 3.63) is 0 Å². The molecule has 0 aromatic carbocycles. The van der Waals surface area contributed by atoms with E-state index < -0.39 is 12.6 Å². The molecule has 4 N–H and O–H groups in total. The third kappa shape index (κ3) is 13.8. The quantitative estimate of drug-likeness (QED) is 0.323. The van der Waals surface area contributed by atoms with Gasteiger partial charge in [-0.1, -0.05) is 38.5 Å². The lowest BCUT2D eigenvalue weighted by molar-refractivity contribution is -0.0474. The number of aliphatic hydroxyl groups excluding tert-OH is 2. The molecular formula is C12H26O4. The van der Waals surface area contributed by atoms with Gasteiger partial charge < -0.3 is 20.4 Å². The first kappa shape index (κ1) is 15.8. The Balaban J connectivity index is 2.93. The summed E-state index contributed by atoms with van der Waals surface area (Å²) in [4.78, 5) is 0. The summed E-state index contributed by atoms with van der Waals surface area (Å²) in [5.41, 5.74) is 0. The van der Waals surface area contributed by atoms with Gasteiger partial charge in [0.15, 0.2) is 12.6 Å². The Labute approximate surface area is 97.9 Å². The van der Waals surface area contributed by atoms with E-state index in [4.69, 9.17) is 20.4 Å². The molecule has 0 rings (SSSR count). The lowest BCUT2D eigenvalue weighted by Crippen LogP contribution is -2.03. The van der Waals surface area contributed by atoms with Crippen molar-refractivity contribution in [2.45, 2.75) is 76.8 Å². The Hall–Kier alpha value is -0.160. The molecule has 0 radical (unpaired) electrons. The summed E-state index contributed by atoms with van der Waals surface area (Å²) < 4.78 is 0. The van der Waals surface area contributed by atoms with Gasteiger partial charge in [-0.3, -0.25) is 0 Å². The van der Waals surface area contributed by atoms with Crippen LogP contribution in [0.4, 0.5) is 0 Å². The van der Waals surface area contributed by atoms with Gasteiger partial charge in [-0.2, -0.15) is 0 Å². The molecule has 0 unspecified atom stereocenters. The molecule has 0 saturated heterocycles. The van der Waals surface area contributed by atoms with Crippen LogP contribution in [0.3, 0.4) is 0 Å². The highest BCUT2D eigenvalue weighted by atomic mass is 16.5. The van der Waals surface area contributed by atoms with Gasteiger partial charge in [-0.25, -0.2) is 0 Å². The highest BCUT2D eigenvalue weighted by Gasteiger charge is 1.98. The average molecular weight is 234 g/mol. The zero-order valence-corrected chi connectivity index (χ0v) is 10.0. The molecule has 0 amide bonds. The molecule has 4 nitrogen and oxygen atoms in total. The van der Waals surface area contributed by atoms with Crippen LogP contribution in [-0.2, 0) is 0 Å². The summed E-state index contributed by atoms with van der Waals surface area (Å²) in [6.45, 7) is 0. The van der Waals surface area contributed by atoms with Crippen LogP contribution >= 0.6 is 0 Å². The van der Waals surface area contributed by atoms with E-state index in [0.717, 1.165) is 38.5 Å². The highest BCUT2D eigenvalue weighted by molar-refractivity contribution is 4.49. The third-order valence-corrected chi connectivity index (χ3v) is 2.67. The fraction of sp³-hybridized carbons (Fsp3) is 1.00. The Morgan fingerprint density at radius 3 is 0.938 bits per heavy atom. The first-order valence-corrected chi connectivity index (χ1v) is 6.35. The maximum absolute atomic E-state index is 8.61. The van der Waals surface area contributed by atoms with Crippen molar-refractivity contribution in [2.24, 2.45) is 0 Å². The van der Waals surface area contributed by atoms with E-state index in [-0.39, 0.29) is 0 Å². The molecule has 0 atom stereocenters. The minimum Gasteiger partial charge on any atom is -0.368 e. The van der Waals surface area contributed by atoms with E-state index in [1.54, 1.807) is 0 Å². The molecule has 16 heavy (non-hydrogen) atoms. The van der Waals surface area contributed by atoms with Crippen LogP contribution in [0.25, 0.3) is 0 Å². The second-order valence-electron chi connectivity index (χ2n) is 4.37. The van der Waals surface area contributed by atoms with Crippen LogP contribution in [0.5, 0.6) is 0 Å². The Kier molecular flexibility index (Phi) is 11.2. The van der Waals surface area contributed by atoms with Gasteiger partial charge in [0.2, 0.25) is 0 Å². The second kappa shape index (κ2) is 11.3. The monoisotopic (exact) mass is 234 g/mol. The van der Waals surface area contributed by atoms with Crippen LogP contribution in [0.1, 0.15) is 64.2 Å². The van der Waals surface area contributed by atoms with Gasteiger partial charge in [0.25, 0.3) is 0 Å². The van der Waals surface area contributed by atoms with Crippen molar-refractivity contribution >= 4 is 0 Å². The Morgan fingerprint density at radius 2 is 0.688 bits per heavy atom. The van der Waals surface area contributed by atoms with Crippen molar-refractivity contribution in [1.82, 2.24) is 0 Å². The molecule has 0 saturated carbocycles. The van der Waals surface area contributed by atoms with Crippen LogP contribution in [0.2, 0.25) is 0 Å². The van der Waals surface area contributed by atoms with E-state index in [1.807, 2.05) is 0 Å². The lowest BCUT2D eigenvalue weighted by atomic mass is 10.1. The van der Waals surface area contributed by atoms with E-state index in [9.17, 15) is 0 Å². The summed E-state index contributed by atoms with van der Waals surface area (Å²) in [6.07, 6.45) is 7.22. The molecule has 0 fully saturated rings. The van der Waals surface area contributed by atoms with Crippen molar-refractivity contribution in [1.29, 1.82) is 0 Å². The van der Waals surface area contributed by atoms with Crippen molar-refractivity contribution in [3.8, 4) is 0 Å². The SMILES string of the molecule is OC(O)CCCCCCCCCCC(O)O. The Morgan fingerprint density at radius 1 is 0.438 bits per heavy atom. The lowest BCUT2D eigenvalue weighted by Gasteiger charge is -2.04. The van der Waals surface area contributed by atoms with E-state index >= 15 is 0 Å². The molecule has 98 valence electrons. The fourth-order valence-electron chi connectivity index (χ4n) is 1.71. The van der Waals surface area contributed by atoms with Crippen molar-refractivity contribution < 1.29 is 20.4 Å². The summed E-state index contributed by atoms with van der Waals surface area (Å²) in [6, 6.07) is 0. The topological polar surface area (TPSA) is 80.9 Å². The maximum atomic E-state index is 8.61. The zero-order valence-electron chi connectivity index (χ0n) is 10.0. The predicted molar refractivity (Wildman–Crippen MR) is 62.6 cm³/mol. The van der Waals surface area contributed by atoms with E-state index in [1.165, 1.54) is 12.8 Å². The second-order valence-corrected chi connectivity index (χ2v) is 4.37. The Bertz CT molecular complexity index is 121. The third-order valence-electron chi connectivity index (χ3n) is 2.67. The van der Waals surface area contributed by atoms with Crippen LogP contribution in [0.15, 0.2) is 0 Å². The summed E-state index contributed by atoms with van der Waals surface area (Å²) in [5, 5.41) is 34.4. The number of hydrogen-bond acceptors (Lipinski definition) is 4. The van der Waals surface area contributed by atoms with Gasteiger partial charge in [0.1, 0.15) is 0 Å². The highest BCUT2D eigenvalue weighted by Crippen LogP contribution is 2.11. The molecule has 0 aromatic rings. The first-order valence-electron chi connectivity index (χ1n) is 6.35. The van der Waals surface area contributed by atoms with Gasteiger partial charge >= 0.3 is 0 Å². The van der Waals surface area contributed by atoms with Crippen LogP contribution in [0, 0.1) is 0 Å². The smallest absolute Gasteiger partial charge is 0.151 e. The largest absolute Gasteiger partial charge is 0.368 e. The normalized spacial score (nSPS) is 11.6. The summed E-state index contributed by atoms with van der Waals surface area (Å²) in [7, 11) is 0. The number of rotatable bonds is 11. The number of aliphatic hydroxyl groups is 4. The molecule has 0 aliphatic carbocycles. The zero-order chi connectivity index (χ0) is 12.2. The van der Waals surface area contributed by atoms with E-state index in [0.29, 0.717) is 12.8 Å². The molecular weight excluding hydrogens is 208 g/mol. The maximum Gasteiger partial charge on any atom is 0.151 e. The molecule has 0 aromatic heterocycles. The minimum atomic E-state index is -1.15. The number of hydrogen-bond donors (Lipinski definition) is 4. The van der Waals surface area contributed by atoms with E-state index in [2.05, 4.69) is 0 Å². The minimum absolute atomic E-state index is 0.481. The van der Waals surface area contributed by atoms with Gasteiger partial charge in [-0.05, 0) is 25.7 Å². The van der Waals surface area contributed by atoms with Gasteiger partial charge in [0, 0.05) is 0 Å². The molecule has 0 aliphatic heterocycles. The van der Waals surface area contributed by atoms with Gasteiger partial charge in [-0.15, -0.1) is 0 Å². The first-order chi connectivity index (χ1) is 7.63. The molecule has 0 bridgehead atoms. The molecule has 0 aliphatic rings. The molecule has 0 heterocycles. The average Bonchev–Trinajstić information content (AvgIpc) is 2.20. The fourth-order valence-corrected chi connectivity index (χ4v) is 1.71. The van der Waals surface area contributed by atoms with Crippen LogP contribution < -0.4 is 0 Å². The van der Waals surface area contributed by atoms with Crippen LogP contribution in [-0.4, -0.2) is 33.0 Å². The summed E-state index contributed by atoms with van der Waals surface area (Å²) in [5.74, 6) is 0. The van der Waals surface area contributed by atoms with Crippen molar-refractivity contribution in [2.75, 3.05) is 0 Å². The van der Waals surface area contributed by atoms with Gasteiger partial charge in [0.05, 0.1) is 0 Å². The summed E-state index contributed by atoms with van der Waals surface area (Å²) >= 11 is 0. The standard InChI is InChI=1S/C12H26O4/c13-11(14)9-7-5-3-1-2-4-6-8-10-12(15)16/h11-16H,1-10H2. The molecule has 0 spiro atoms. The molecule has 4 heteroatoms. The van der Waals surface area contributed by atoms with Crippen molar-refractivity contribution in [3.63, 3.8) is 0 Å². The predicted octanol–water partition coefficient (Wildman–Crippen LogP) is 1.51.